The van der Waals surface area contributed by atoms with Crippen LogP contribution in [0, 0.1) is 5.92 Å². The molecule has 0 saturated heterocycles. The van der Waals surface area contributed by atoms with Crippen molar-refractivity contribution in [3.63, 3.8) is 0 Å². The lowest BCUT2D eigenvalue weighted by Crippen LogP contribution is -2.36. The first-order valence-electron chi connectivity index (χ1n) is 14.3. The number of alkyl halides is 2. The van der Waals surface area contributed by atoms with E-state index in [1.165, 1.54) is 36.2 Å². The molecule has 2 amide bonds. The number of methoxy groups -OCH3 is 1. The molecule has 0 fully saturated rings. The smallest absolute Gasteiger partial charge is 0.273 e. The van der Waals surface area contributed by atoms with Gasteiger partial charge in [0.05, 0.1) is 18.5 Å². The summed E-state index contributed by atoms with van der Waals surface area (Å²) in [6, 6.07) is 19.3. The molecule has 5 rings (SSSR count). The highest BCUT2D eigenvalue weighted by atomic mass is 19.3. The van der Waals surface area contributed by atoms with E-state index in [0.717, 1.165) is 28.9 Å². The van der Waals surface area contributed by atoms with E-state index in [4.69, 9.17) is 4.74 Å². The Balaban J connectivity index is 1.49. The Morgan fingerprint density at radius 2 is 1.88 bits per heavy atom. The minimum atomic E-state index is -3.03. The number of anilines is 2. The van der Waals surface area contributed by atoms with Crippen LogP contribution in [0.2, 0.25) is 0 Å². The van der Waals surface area contributed by atoms with Gasteiger partial charge in [-0.2, -0.15) is 10.1 Å². The summed E-state index contributed by atoms with van der Waals surface area (Å²) in [7, 11) is 1.65. The van der Waals surface area contributed by atoms with Gasteiger partial charge in [0, 0.05) is 40.6 Å². The average molecular weight is 584 g/mol. The lowest BCUT2D eigenvalue weighted by Gasteiger charge is -2.31. The molecule has 0 bridgehead atoms. The Hall–Kier alpha value is -4.59. The molecule has 3 aromatic rings. The number of rotatable bonds is 9. The fraction of sp³-hybridized carbons (Fsp3) is 0.286. The second-order valence-corrected chi connectivity index (χ2v) is 11.2. The number of nitrogens with one attached hydrogen (secondary N) is 1. The van der Waals surface area contributed by atoms with E-state index in [2.05, 4.69) is 29.5 Å². The van der Waals surface area contributed by atoms with Crippen LogP contribution in [0.3, 0.4) is 0 Å². The molecule has 0 spiro atoms. The molecule has 6 nitrogen and oxygen atoms in total. The third kappa shape index (κ3) is 6.00. The lowest BCUT2D eigenvalue weighted by atomic mass is 9.75. The maximum Gasteiger partial charge on any atom is 0.273 e. The Kier molecular flexibility index (Phi) is 8.31. The molecule has 2 unspecified atom stereocenters. The van der Waals surface area contributed by atoms with Gasteiger partial charge in [-0.1, -0.05) is 80.6 Å². The van der Waals surface area contributed by atoms with Crippen LogP contribution in [0.25, 0.3) is 0 Å². The summed E-state index contributed by atoms with van der Waals surface area (Å²) in [6.45, 7) is 5.14. The Bertz CT molecular complexity index is 1630. The molecule has 8 heteroatoms. The highest BCUT2D eigenvalue weighted by Crippen LogP contribution is 2.43. The van der Waals surface area contributed by atoms with Gasteiger partial charge in [-0.15, -0.1) is 0 Å². The molecule has 0 saturated carbocycles. The largest absolute Gasteiger partial charge is 0.496 e. The Labute approximate surface area is 250 Å². The van der Waals surface area contributed by atoms with E-state index in [1.54, 1.807) is 14.0 Å². The summed E-state index contributed by atoms with van der Waals surface area (Å²) in [4.78, 5) is 27.1. The summed E-state index contributed by atoms with van der Waals surface area (Å²) < 4.78 is 34.5. The van der Waals surface area contributed by atoms with Crippen molar-refractivity contribution in [2.24, 2.45) is 11.0 Å². The van der Waals surface area contributed by atoms with Gasteiger partial charge >= 0.3 is 0 Å². The highest BCUT2D eigenvalue weighted by molar-refractivity contribution is 6.28. The number of carbonyl (C=O) groups excluding carboxylic acids is 2. The number of hydrazone groups is 1. The van der Waals surface area contributed by atoms with Crippen LogP contribution >= 0.6 is 0 Å². The molecule has 222 valence electrons. The zero-order valence-corrected chi connectivity index (χ0v) is 24.7. The maximum absolute atomic E-state index is 14.3. The SMILES string of the molecule is CCC(F)(F)c1cccc(NC(=O)C2C(=O)N(c3cc(Cc4ccccc4)c(OC)c(C4(C)C=CC=CC4)c3)N=C2C)c1. The molecule has 1 heterocycles. The summed E-state index contributed by atoms with van der Waals surface area (Å²) in [6.07, 6.45) is 9.16. The van der Waals surface area contributed by atoms with Gasteiger partial charge in [0.1, 0.15) is 5.75 Å². The number of nitrogens with zero attached hydrogens (tertiary/aromatic N) is 2. The van der Waals surface area contributed by atoms with Crippen molar-refractivity contribution in [2.75, 3.05) is 17.4 Å². The van der Waals surface area contributed by atoms with Gasteiger partial charge in [0.2, 0.25) is 5.91 Å². The molecule has 2 atom stereocenters. The van der Waals surface area contributed by atoms with Crippen LogP contribution in [0.5, 0.6) is 5.75 Å². The van der Waals surface area contributed by atoms with Gasteiger partial charge in [0.15, 0.2) is 5.92 Å². The Morgan fingerprint density at radius 1 is 1.12 bits per heavy atom. The molecule has 1 aliphatic carbocycles. The first kappa shape index (κ1) is 29.9. The lowest BCUT2D eigenvalue weighted by molar-refractivity contribution is -0.127. The second-order valence-electron chi connectivity index (χ2n) is 11.2. The van der Waals surface area contributed by atoms with Crippen LogP contribution < -0.4 is 15.1 Å². The van der Waals surface area contributed by atoms with Crippen LogP contribution in [-0.4, -0.2) is 24.6 Å². The standard InChI is InChI=1S/C35H35F2N3O3/c1-5-35(36,37)26-15-12-16-27(21-26)38-32(41)30-23(2)39-40(33(30)42)28-20-25(19-24-13-8-6-9-14-24)31(43-4)29(22-28)34(3)17-10-7-11-18-34/h6-17,20-22,30H,5,18-19H2,1-4H3,(H,38,41). The zero-order valence-electron chi connectivity index (χ0n) is 24.7. The average Bonchev–Trinajstić information content (AvgIpc) is 3.31. The highest BCUT2D eigenvalue weighted by Gasteiger charge is 2.41. The fourth-order valence-electron chi connectivity index (χ4n) is 5.63. The number of hydrogen-bond donors (Lipinski definition) is 1. The van der Waals surface area contributed by atoms with E-state index in [9.17, 15) is 18.4 Å². The van der Waals surface area contributed by atoms with Crippen molar-refractivity contribution < 1.29 is 23.1 Å². The number of amides is 2. The van der Waals surface area contributed by atoms with Crippen LogP contribution in [-0.2, 0) is 27.3 Å². The molecular weight excluding hydrogens is 548 g/mol. The van der Waals surface area contributed by atoms with Crippen molar-refractivity contribution in [3.8, 4) is 5.75 Å². The van der Waals surface area contributed by atoms with Gasteiger partial charge in [-0.05, 0) is 43.2 Å². The fourth-order valence-corrected chi connectivity index (χ4v) is 5.63. The predicted octanol–water partition coefficient (Wildman–Crippen LogP) is 7.54. The minimum Gasteiger partial charge on any atom is -0.496 e. The molecule has 43 heavy (non-hydrogen) atoms. The van der Waals surface area contributed by atoms with Crippen LogP contribution in [0.1, 0.15) is 55.9 Å². The van der Waals surface area contributed by atoms with Crippen molar-refractivity contribution in [3.05, 3.63) is 113 Å². The molecule has 3 aromatic carbocycles. The number of halogens is 2. The third-order valence-electron chi connectivity index (χ3n) is 8.10. The molecule has 1 aliphatic heterocycles. The zero-order chi connectivity index (χ0) is 30.8. The van der Waals surface area contributed by atoms with E-state index in [1.807, 2.05) is 54.6 Å². The van der Waals surface area contributed by atoms with E-state index < -0.39 is 29.1 Å². The normalized spacial score (nSPS) is 19.9. The first-order valence-corrected chi connectivity index (χ1v) is 14.3. The van der Waals surface area contributed by atoms with Crippen LogP contribution in [0.15, 0.2) is 96.1 Å². The van der Waals surface area contributed by atoms with E-state index in [-0.39, 0.29) is 17.7 Å². The van der Waals surface area contributed by atoms with Gasteiger partial charge in [-0.25, -0.2) is 8.78 Å². The summed E-state index contributed by atoms with van der Waals surface area (Å²) in [5.74, 6) is -4.64. The molecular formula is C35H35F2N3O3. The summed E-state index contributed by atoms with van der Waals surface area (Å²) in [5, 5.41) is 8.43. The van der Waals surface area contributed by atoms with Gasteiger partial charge in [0.25, 0.3) is 11.8 Å². The maximum atomic E-state index is 14.3. The third-order valence-corrected chi connectivity index (χ3v) is 8.10. The number of ether oxygens (including phenoxy) is 1. The van der Waals surface area contributed by atoms with Crippen molar-refractivity contribution in [2.45, 2.75) is 51.4 Å². The molecule has 0 aromatic heterocycles. The first-order chi connectivity index (χ1) is 20.6. The molecule has 1 N–H and O–H groups in total. The van der Waals surface area contributed by atoms with Gasteiger partial charge < -0.3 is 10.1 Å². The molecule has 0 radical (unpaired) electrons. The van der Waals surface area contributed by atoms with Crippen LogP contribution in [0.4, 0.5) is 20.2 Å². The quantitative estimate of drug-likeness (QED) is 0.265. The topological polar surface area (TPSA) is 71.0 Å². The summed E-state index contributed by atoms with van der Waals surface area (Å²) >= 11 is 0. The number of benzene rings is 3. The molecule has 2 aliphatic rings. The minimum absolute atomic E-state index is 0.191. The monoisotopic (exact) mass is 583 g/mol. The predicted molar refractivity (Wildman–Crippen MR) is 166 cm³/mol. The number of allylic oxidation sites excluding steroid dienone is 4. The number of hydrogen-bond acceptors (Lipinski definition) is 4. The second kappa shape index (κ2) is 12.0. The van der Waals surface area contributed by atoms with E-state index >= 15 is 0 Å². The van der Waals surface area contributed by atoms with E-state index in [0.29, 0.717) is 17.8 Å². The number of carbonyl (C=O) groups is 2. The summed E-state index contributed by atoms with van der Waals surface area (Å²) in [5.41, 5.74) is 3.29. The van der Waals surface area contributed by atoms with Crippen molar-refractivity contribution >= 4 is 28.9 Å². The van der Waals surface area contributed by atoms with Gasteiger partial charge in [-0.3, -0.25) is 9.59 Å². The Morgan fingerprint density at radius 3 is 2.56 bits per heavy atom. The van der Waals surface area contributed by atoms with Crippen molar-refractivity contribution in [1.82, 2.24) is 0 Å². The van der Waals surface area contributed by atoms with Crippen molar-refractivity contribution in [1.29, 1.82) is 0 Å².